The van der Waals surface area contributed by atoms with Gasteiger partial charge in [0.2, 0.25) is 0 Å². The number of carbonyl (C=O) groups excluding carboxylic acids is 1. The van der Waals surface area contributed by atoms with Gasteiger partial charge in [-0.1, -0.05) is 13.0 Å². The van der Waals surface area contributed by atoms with Gasteiger partial charge in [-0.3, -0.25) is 0 Å². The molecule has 0 fully saturated rings. The molecule has 5 heteroatoms. The lowest BCUT2D eigenvalue weighted by atomic mass is 9.92. The van der Waals surface area contributed by atoms with Crippen molar-refractivity contribution in [1.82, 2.24) is 10.2 Å². The first-order valence-corrected chi connectivity index (χ1v) is 8.43. The summed E-state index contributed by atoms with van der Waals surface area (Å²) >= 11 is 0. The van der Waals surface area contributed by atoms with Crippen molar-refractivity contribution < 1.29 is 14.3 Å². The van der Waals surface area contributed by atoms with Crippen LogP contribution in [0.25, 0.3) is 0 Å². The summed E-state index contributed by atoms with van der Waals surface area (Å²) < 4.78 is 10.7. The first kappa shape index (κ1) is 17.6. The Kier molecular flexibility index (Phi) is 6.28. The summed E-state index contributed by atoms with van der Waals surface area (Å²) in [5.41, 5.74) is 3.62. The molecule has 1 aromatic rings. The van der Waals surface area contributed by atoms with Crippen molar-refractivity contribution >= 4 is 6.09 Å². The number of ether oxygens (including phenoxy) is 2. The molecule has 2 rings (SSSR count). The summed E-state index contributed by atoms with van der Waals surface area (Å²) in [6, 6.07) is 4.43. The van der Waals surface area contributed by atoms with Gasteiger partial charge in [0, 0.05) is 24.7 Å². The van der Waals surface area contributed by atoms with Crippen molar-refractivity contribution in [3.63, 3.8) is 0 Å². The lowest BCUT2D eigenvalue weighted by molar-refractivity contribution is 0.0861. The molecule has 0 saturated carbocycles. The molecular weight excluding hydrogens is 292 g/mol. The van der Waals surface area contributed by atoms with Crippen molar-refractivity contribution in [2.75, 3.05) is 20.3 Å². The van der Waals surface area contributed by atoms with Crippen LogP contribution in [0, 0.1) is 0 Å². The molecule has 1 unspecified atom stereocenters. The van der Waals surface area contributed by atoms with E-state index < -0.39 is 0 Å². The quantitative estimate of drug-likeness (QED) is 0.818. The molecule has 0 aliphatic carbocycles. The van der Waals surface area contributed by atoms with E-state index in [0.29, 0.717) is 13.2 Å². The minimum atomic E-state index is -0.238. The normalized spacial score (nSPS) is 16.9. The number of hydrogen-bond donors (Lipinski definition) is 1. The highest BCUT2D eigenvalue weighted by Crippen LogP contribution is 2.30. The molecular formula is C18H28N2O3. The van der Waals surface area contributed by atoms with Crippen molar-refractivity contribution in [1.29, 1.82) is 0 Å². The van der Waals surface area contributed by atoms with Crippen LogP contribution < -0.4 is 10.1 Å². The van der Waals surface area contributed by atoms with E-state index in [9.17, 15) is 4.79 Å². The second kappa shape index (κ2) is 8.20. The molecule has 0 radical (unpaired) electrons. The van der Waals surface area contributed by atoms with Crippen LogP contribution in [0.1, 0.15) is 43.9 Å². The topological polar surface area (TPSA) is 50.8 Å². The first-order chi connectivity index (χ1) is 11.1. The Morgan fingerprint density at radius 1 is 1.35 bits per heavy atom. The third-order valence-corrected chi connectivity index (χ3v) is 4.24. The van der Waals surface area contributed by atoms with Crippen LogP contribution in [0.15, 0.2) is 12.1 Å². The lowest BCUT2D eigenvalue weighted by Gasteiger charge is -2.34. The lowest BCUT2D eigenvalue weighted by Crippen LogP contribution is -2.43. The molecule has 1 aliphatic rings. The van der Waals surface area contributed by atoms with Crippen LogP contribution in [-0.4, -0.2) is 37.3 Å². The zero-order chi connectivity index (χ0) is 16.8. The molecule has 1 atom stereocenters. The molecule has 1 N–H and O–H groups in total. The molecule has 0 bridgehead atoms. The zero-order valence-electron chi connectivity index (χ0n) is 14.6. The molecule has 1 aliphatic heterocycles. The van der Waals surface area contributed by atoms with E-state index in [1.165, 1.54) is 11.1 Å². The van der Waals surface area contributed by atoms with Gasteiger partial charge in [0.1, 0.15) is 5.75 Å². The number of rotatable bonds is 6. The number of fused-ring (bicyclic) bond motifs is 1. The Balaban J connectivity index is 2.21. The number of benzene rings is 1. The number of nitrogens with zero attached hydrogens (tertiary/aromatic N) is 1. The molecule has 1 heterocycles. The molecule has 23 heavy (non-hydrogen) atoms. The molecule has 1 aromatic carbocycles. The van der Waals surface area contributed by atoms with Gasteiger partial charge in [0.25, 0.3) is 0 Å². The molecule has 1 amide bonds. The maximum absolute atomic E-state index is 12.1. The smallest absolute Gasteiger partial charge is 0.410 e. The van der Waals surface area contributed by atoms with E-state index in [-0.39, 0.29) is 12.1 Å². The summed E-state index contributed by atoms with van der Waals surface area (Å²) in [5.74, 6) is 0.880. The Bertz CT molecular complexity index is 545. The fraction of sp³-hybridized carbons (Fsp3) is 0.611. The molecule has 128 valence electrons. The van der Waals surface area contributed by atoms with Crippen LogP contribution in [-0.2, 0) is 24.2 Å². The van der Waals surface area contributed by atoms with E-state index in [1.54, 1.807) is 12.0 Å². The second-order valence-corrected chi connectivity index (χ2v) is 5.99. The average molecular weight is 320 g/mol. The van der Waals surface area contributed by atoms with E-state index in [4.69, 9.17) is 9.47 Å². The van der Waals surface area contributed by atoms with Crippen molar-refractivity contribution in [2.45, 2.75) is 52.7 Å². The molecule has 0 aromatic heterocycles. The van der Waals surface area contributed by atoms with Crippen LogP contribution in [0.5, 0.6) is 5.75 Å². The van der Waals surface area contributed by atoms with Gasteiger partial charge in [-0.2, -0.15) is 0 Å². The Morgan fingerprint density at radius 3 is 2.78 bits per heavy atom. The van der Waals surface area contributed by atoms with E-state index in [2.05, 4.69) is 31.3 Å². The van der Waals surface area contributed by atoms with Gasteiger partial charge >= 0.3 is 6.09 Å². The number of carbonyl (C=O) groups is 1. The highest BCUT2D eigenvalue weighted by Gasteiger charge is 2.28. The first-order valence-electron chi connectivity index (χ1n) is 8.43. The Hall–Kier alpha value is -1.75. The summed E-state index contributed by atoms with van der Waals surface area (Å²) in [4.78, 5) is 13.9. The maximum Gasteiger partial charge on any atom is 0.410 e. The number of nitrogens with one attached hydrogen (secondary N) is 1. The van der Waals surface area contributed by atoms with Gasteiger partial charge in [-0.15, -0.1) is 0 Å². The predicted octanol–water partition coefficient (Wildman–Crippen LogP) is 3.10. The largest absolute Gasteiger partial charge is 0.496 e. The highest BCUT2D eigenvalue weighted by atomic mass is 16.6. The average Bonchev–Trinajstić information content (AvgIpc) is 2.54. The van der Waals surface area contributed by atoms with Crippen LogP contribution in [0.3, 0.4) is 0 Å². The fourth-order valence-electron chi connectivity index (χ4n) is 3.00. The highest BCUT2D eigenvalue weighted by molar-refractivity contribution is 5.68. The molecule has 5 nitrogen and oxygen atoms in total. The second-order valence-electron chi connectivity index (χ2n) is 5.99. The number of methoxy groups -OCH3 is 1. The number of hydrogen-bond acceptors (Lipinski definition) is 4. The zero-order valence-corrected chi connectivity index (χ0v) is 14.6. The van der Waals surface area contributed by atoms with Crippen LogP contribution in [0.2, 0.25) is 0 Å². The van der Waals surface area contributed by atoms with E-state index in [0.717, 1.165) is 37.2 Å². The van der Waals surface area contributed by atoms with Gasteiger partial charge in [-0.05, 0) is 50.4 Å². The molecule has 0 spiro atoms. The summed E-state index contributed by atoms with van der Waals surface area (Å²) in [6.07, 6.45) is 1.72. The predicted molar refractivity (Wildman–Crippen MR) is 90.7 cm³/mol. The van der Waals surface area contributed by atoms with Gasteiger partial charge in [0.05, 0.1) is 13.7 Å². The molecule has 0 saturated heterocycles. The Morgan fingerprint density at radius 2 is 2.13 bits per heavy atom. The van der Waals surface area contributed by atoms with Crippen molar-refractivity contribution in [3.05, 3.63) is 28.8 Å². The third kappa shape index (κ3) is 4.16. The van der Waals surface area contributed by atoms with Crippen LogP contribution >= 0.6 is 0 Å². The van der Waals surface area contributed by atoms with Gasteiger partial charge < -0.3 is 19.7 Å². The maximum atomic E-state index is 12.1. The van der Waals surface area contributed by atoms with Crippen molar-refractivity contribution in [2.24, 2.45) is 0 Å². The van der Waals surface area contributed by atoms with Gasteiger partial charge in [0.15, 0.2) is 0 Å². The summed E-state index contributed by atoms with van der Waals surface area (Å²) in [6.45, 7) is 8.84. The van der Waals surface area contributed by atoms with E-state index >= 15 is 0 Å². The third-order valence-electron chi connectivity index (χ3n) is 4.24. The fourth-order valence-corrected chi connectivity index (χ4v) is 3.00. The van der Waals surface area contributed by atoms with Crippen molar-refractivity contribution in [3.8, 4) is 5.75 Å². The van der Waals surface area contributed by atoms with E-state index in [1.807, 2.05) is 6.92 Å². The summed E-state index contributed by atoms with van der Waals surface area (Å²) in [5, 5.41) is 3.42. The minimum Gasteiger partial charge on any atom is -0.496 e. The van der Waals surface area contributed by atoms with Gasteiger partial charge in [-0.25, -0.2) is 4.79 Å². The Labute approximate surface area is 139 Å². The monoisotopic (exact) mass is 320 g/mol. The minimum absolute atomic E-state index is 0.145. The summed E-state index contributed by atoms with van der Waals surface area (Å²) in [7, 11) is 1.69. The number of amides is 1. The standard InChI is InChI=1S/C18H28N2O3/c1-5-7-19-11-15-9-14-8-13(3)20(18(21)23-6-2)12-16(14)10-17(15)22-4/h9-10,13,19H,5-8,11-12H2,1-4H3. The SMILES string of the molecule is CCCNCc1cc2c(cc1OC)CN(C(=O)OCC)C(C)C2. The van der Waals surface area contributed by atoms with Crippen LogP contribution in [0.4, 0.5) is 4.79 Å².